The summed E-state index contributed by atoms with van der Waals surface area (Å²) in [5.74, 6) is -1.12. The molecular weight excluding hydrogens is 242 g/mol. The van der Waals surface area contributed by atoms with Crippen molar-refractivity contribution >= 4 is 17.1 Å². The van der Waals surface area contributed by atoms with Gasteiger partial charge in [-0.3, -0.25) is 15.3 Å². The molecule has 1 aliphatic heterocycles. The standard InChI is InChI=1S/C9H5N5O4/c10-3-5(4-11)6-1-2-7(13(15)16)9-8(6)12-18-14(9)17/h1-2,5,12,17H. The average Bonchev–Trinajstić information content (AvgIpc) is 2.73. The summed E-state index contributed by atoms with van der Waals surface area (Å²) in [5, 5.41) is 37.9. The molecule has 1 aromatic rings. The van der Waals surface area contributed by atoms with Crippen LogP contribution in [0.3, 0.4) is 0 Å². The molecule has 0 saturated carbocycles. The normalized spacial score (nSPS) is 12.6. The highest BCUT2D eigenvalue weighted by molar-refractivity contribution is 5.83. The van der Waals surface area contributed by atoms with Gasteiger partial charge in [-0.2, -0.15) is 10.5 Å². The molecule has 0 amide bonds. The summed E-state index contributed by atoms with van der Waals surface area (Å²) in [6.07, 6.45) is 0. The first-order valence-electron chi connectivity index (χ1n) is 4.62. The van der Waals surface area contributed by atoms with Crippen molar-refractivity contribution in [2.45, 2.75) is 5.92 Å². The zero-order valence-corrected chi connectivity index (χ0v) is 8.69. The predicted molar refractivity (Wildman–Crippen MR) is 56.0 cm³/mol. The first-order valence-corrected chi connectivity index (χ1v) is 4.62. The average molecular weight is 247 g/mol. The van der Waals surface area contributed by atoms with Crippen LogP contribution in [0.1, 0.15) is 11.5 Å². The number of nitrogens with zero attached hydrogens (tertiary/aromatic N) is 4. The SMILES string of the molecule is N#CC(C#N)c1ccc([N+](=O)[O-])c2c1NON2O. The monoisotopic (exact) mass is 247 g/mol. The van der Waals surface area contributed by atoms with Crippen LogP contribution in [0.4, 0.5) is 17.1 Å². The second-order valence-electron chi connectivity index (χ2n) is 3.31. The Morgan fingerprint density at radius 2 is 2.17 bits per heavy atom. The molecule has 0 bridgehead atoms. The molecule has 9 heteroatoms. The van der Waals surface area contributed by atoms with Gasteiger partial charge in [0.1, 0.15) is 5.69 Å². The van der Waals surface area contributed by atoms with Crippen LogP contribution in [0.15, 0.2) is 12.1 Å². The molecule has 0 spiro atoms. The molecule has 9 nitrogen and oxygen atoms in total. The highest BCUT2D eigenvalue weighted by Crippen LogP contribution is 2.43. The maximum absolute atomic E-state index is 10.8. The number of nitrogens with one attached hydrogen (secondary N) is 1. The van der Waals surface area contributed by atoms with Gasteiger partial charge in [-0.15, -0.1) is 4.94 Å². The molecule has 2 rings (SSSR count). The maximum atomic E-state index is 10.8. The third-order valence-corrected chi connectivity index (χ3v) is 2.38. The molecule has 90 valence electrons. The van der Waals surface area contributed by atoms with Crippen molar-refractivity contribution in [2.75, 3.05) is 10.7 Å². The first kappa shape index (κ1) is 11.6. The minimum atomic E-state index is -1.12. The van der Waals surface area contributed by atoms with Crippen LogP contribution in [-0.2, 0) is 4.94 Å². The van der Waals surface area contributed by atoms with E-state index in [1.807, 2.05) is 0 Å². The van der Waals surface area contributed by atoms with Gasteiger partial charge in [-0.1, -0.05) is 5.23 Å². The zero-order valence-electron chi connectivity index (χ0n) is 8.69. The highest BCUT2D eigenvalue weighted by atomic mass is 17.0. The lowest BCUT2D eigenvalue weighted by Crippen LogP contribution is -2.14. The summed E-state index contributed by atoms with van der Waals surface area (Å²) in [6.45, 7) is 0. The van der Waals surface area contributed by atoms with Crippen LogP contribution in [0.2, 0.25) is 0 Å². The Bertz CT molecular complexity index is 588. The Balaban J connectivity index is 2.66. The molecule has 0 radical (unpaired) electrons. The fraction of sp³-hybridized carbons (Fsp3) is 0.111. The van der Waals surface area contributed by atoms with E-state index in [1.54, 1.807) is 12.1 Å². The van der Waals surface area contributed by atoms with E-state index in [-0.39, 0.29) is 22.2 Å². The number of nitro benzene ring substituents is 1. The van der Waals surface area contributed by atoms with Gasteiger partial charge >= 0.3 is 0 Å². The number of fused-ring (bicyclic) bond motifs is 1. The van der Waals surface area contributed by atoms with Crippen molar-refractivity contribution < 1.29 is 15.1 Å². The summed E-state index contributed by atoms with van der Waals surface area (Å²) in [5.41, 5.74) is 1.80. The number of anilines is 2. The van der Waals surface area contributed by atoms with Crippen molar-refractivity contribution in [2.24, 2.45) is 0 Å². The largest absolute Gasteiger partial charge is 0.299 e. The number of rotatable bonds is 2. The topological polar surface area (TPSA) is 135 Å². The van der Waals surface area contributed by atoms with Gasteiger partial charge in [0.05, 0.1) is 17.1 Å². The lowest BCUT2D eigenvalue weighted by Gasteiger charge is -2.07. The fourth-order valence-electron chi connectivity index (χ4n) is 1.59. The lowest BCUT2D eigenvalue weighted by atomic mass is 9.98. The third kappa shape index (κ3) is 1.56. The molecule has 1 heterocycles. The van der Waals surface area contributed by atoms with E-state index in [1.165, 1.54) is 6.07 Å². The number of hydrogen-bond donors (Lipinski definition) is 2. The number of benzene rings is 1. The zero-order chi connectivity index (χ0) is 13.3. The lowest BCUT2D eigenvalue weighted by molar-refractivity contribution is -0.384. The summed E-state index contributed by atoms with van der Waals surface area (Å²) in [7, 11) is 0. The molecule has 0 aromatic heterocycles. The smallest absolute Gasteiger partial charge is 0.262 e. The van der Waals surface area contributed by atoms with E-state index in [4.69, 9.17) is 10.5 Å². The number of hydrogen-bond acceptors (Lipinski definition) is 8. The molecule has 0 saturated heterocycles. The molecule has 1 aliphatic rings. The van der Waals surface area contributed by atoms with Crippen molar-refractivity contribution in [3.05, 3.63) is 27.8 Å². The Morgan fingerprint density at radius 1 is 1.50 bits per heavy atom. The van der Waals surface area contributed by atoms with Crippen LogP contribution in [-0.4, -0.2) is 10.1 Å². The van der Waals surface area contributed by atoms with Gasteiger partial charge in [0.2, 0.25) is 5.69 Å². The molecule has 0 atom stereocenters. The van der Waals surface area contributed by atoms with E-state index >= 15 is 0 Å². The van der Waals surface area contributed by atoms with E-state index < -0.39 is 16.5 Å². The van der Waals surface area contributed by atoms with Crippen molar-refractivity contribution in [3.63, 3.8) is 0 Å². The van der Waals surface area contributed by atoms with Gasteiger partial charge in [-0.25, -0.2) is 5.48 Å². The molecular formula is C9H5N5O4. The second kappa shape index (κ2) is 4.18. The summed E-state index contributed by atoms with van der Waals surface area (Å²) < 4.78 is 0. The van der Waals surface area contributed by atoms with Crippen LogP contribution >= 0.6 is 0 Å². The van der Waals surface area contributed by atoms with Gasteiger partial charge in [-0.05, 0) is 6.07 Å². The summed E-state index contributed by atoms with van der Waals surface area (Å²) in [6, 6.07) is 5.83. The van der Waals surface area contributed by atoms with Gasteiger partial charge in [0.25, 0.3) is 5.69 Å². The van der Waals surface area contributed by atoms with Crippen molar-refractivity contribution in [1.29, 1.82) is 10.5 Å². The van der Waals surface area contributed by atoms with Crippen LogP contribution < -0.4 is 10.7 Å². The highest BCUT2D eigenvalue weighted by Gasteiger charge is 2.33. The van der Waals surface area contributed by atoms with Crippen molar-refractivity contribution in [1.82, 2.24) is 0 Å². The predicted octanol–water partition coefficient (Wildman–Crippen LogP) is 1.19. The Morgan fingerprint density at radius 3 is 2.72 bits per heavy atom. The molecule has 0 unspecified atom stereocenters. The molecule has 2 N–H and O–H groups in total. The minimum absolute atomic E-state index is 0.0276. The minimum Gasteiger partial charge on any atom is -0.262 e. The van der Waals surface area contributed by atoms with E-state index in [2.05, 4.69) is 10.4 Å². The third-order valence-electron chi connectivity index (χ3n) is 2.38. The van der Waals surface area contributed by atoms with Gasteiger partial charge < -0.3 is 0 Å². The fourth-order valence-corrected chi connectivity index (χ4v) is 1.59. The Hall–Kier alpha value is -2.88. The first-order chi connectivity index (χ1) is 8.60. The second-order valence-corrected chi connectivity index (χ2v) is 3.31. The summed E-state index contributed by atoms with van der Waals surface area (Å²) in [4.78, 5) is 14.6. The molecule has 1 aromatic carbocycles. The van der Waals surface area contributed by atoms with Crippen LogP contribution in [0.5, 0.6) is 0 Å². The van der Waals surface area contributed by atoms with Crippen LogP contribution in [0.25, 0.3) is 0 Å². The Kier molecular flexibility index (Phi) is 2.69. The van der Waals surface area contributed by atoms with Crippen LogP contribution in [0, 0.1) is 32.8 Å². The maximum Gasteiger partial charge on any atom is 0.299 e. The van der Waals surface area contributed by atoms with Crippen molar-refractivity contribution in [3.8, 4) is 12.1 Å². The summed E-state index contributed by atoms with van der Waals surface area (Å²) >= 11 is 0. The molecule has 0 aliphatic carbocycles. The van der Waals surface area contributed by atoms with E-state index in [0.717, 1.165) is 6.07 Å². The molecule has 0 fully saturated rings. The molecule has 18 heavy (non-hydrogen) atoms. The quantitative estimate of drug-likeness (QED) is 0.587. The van der Waals surface area contributed by atoms with Gasteiger partial charge in [0, 0.05) is 11.6 Å². The Labute approximate surface area is 100 Å². The number of nitriles is 2. The van der Waals surface area contributed by atoms with Gasteiger partial charge in [0.15, 0.2) is 5.92 Å². The van der Waals surface area contributed by atoms with E-state index in [0.29, 0.717) is 0 Å². The number of nitro groups is 1. The van der Waals surface area contributed by atoms with E-state index in [9.17, 15) is 15.3 Å².